The van der Waals surface area contributed by atoms with Gasteiger partial charge in [0.05, 0.1) is 0 Å². The first kappa shape index (κ1) is 29.6. The van der Waals surface area contributed by atoms with E-state index in [-0.39, 0.29) is 12.2 Å². The molecule has 0 atom stereocenters. The summed E-state index contributed by atoms with van der Waals surface area (Å²) in [6.07, 6.45) is 14.8. The topological polar surface area (TPSA) is 40.5 Å². The quantitative estimate of drug-likeness (QED) is 0.328. The minimum atomic E-state index is -1.90. The van der Waals surface area contributed by atoms with Crippen LogP contribution in [0.2, 0.25) is 0 Å². The zero-order valence-corrected chi connectivity index (χ0v) is 24.9. The molecular formula is C27H48HfO2. The SMILES string of the molecule is CC(C)O.CC(C)O.C[C](C)=[Hf]([C]1=CC(CC(C)C)=CC1)[C]1=CC(CC(C)C)=CC1. The van der Waals surface area contributed by atoms with Gasteiger partial charge in [0, 0.05) is 12.2 Å². The summed E-state index contributed by atoms with van der Waals surface area (Å²) in [6, 6.07) is 0. The van der Waals surface area contributed by atoms with Crippen LogP contribution in [0.3, 0.4) is 0 Å². The molecule has 0 saturated heterocycles. The number of aliphatic hydroxyl groups excluding tert-OH is 2. The van der Waals surface area contributed by atoms with Crippen molar-refractivity contribution in [1.29, 1.82) is 0 Å². The van der Waals surface area contributed by atoms with Gasteiger partial charge in [0.1, 0.15) is 0 Å². The third-order valence-corrected chi connectivity index (χ3v) is 15.0. The molecule has 0 radical (unpaired) electrons. The van der Waals surface area contributed by atoms with Gasteiger partial charge in [-0.05, 0) is 27.7 Å². The van der Waals surface area contributed by atoms with Crippen molar-refractivity contribution < 1.29 is 31.2 Å². The molecule has 3 heteroatoms. The summed E-state index contributed by atoms with van der Waals surface area (Å²) in [5, 5.41) is 16.1. The summed E-state index contributed by atoms with van der Waals surface area (Å²) < 4.78 is 5.40. The van der Waals surface area contributed by atoms with Crippen molar-refractivity contribution in [3.8, 4) is 0 Å². The van der Waals surface area contributed by atoms with Crippen LogP contribution in [0.25, 0.3) is 0 Å². The first-order valence-electron chi connectivity index (χ1n) is 11.7. The van der Waals surface area contributed by atoms with Gasteiger partial charge < -0.3 is 10.2 Å². The second kappa shape index (κ2) is 15.4. The standard InChI is InChI=1S/2C9H13.2C3H8O.C3H6.Hf/c2*1-8(2)7-9-5-3-4-6-9;2*1-3(2)4;1-3-2;/h2*5-6,8H,3,7H2,1-2H3;2*3-4H,1-2H3;1-2H3;. The molecule has 2 N–H and O–H groups in total. The van der Waals surface area contributed by atoms with Crippen LogP contribution in [-0.2, 0) is 21.0 Å². The average molecular weight is 583 g/mol. The van der Waals surface area contributed by atoms with Crippen LogP contribution in [-0.4, -0.2) is 25.7 Å². The molecule has 172 valence electrons. The fourth-order valence-electron chi connectivity index (χ4n) is 3.59. The normalized spacial score (nSPS) is 15.3. The zero-order chi connectivity index (χ0) is 23.4. The number of rotatable bonds is 6. The van der Waals surface area contributed by atoms with E-state index in [2.05, 4.69) is 65.8 Å². The number of allylic oxidation sites excluding steroid dienone is 8. The maximum atomic E-state index is 8.06. The van der Waals surface area contributed by atoms with Crippen molar-refractivity contribution >= 4 is 3.26 Å². The molecule has 0 heterocycles. The molecule has 0 bridgehead atoms. The van der Waals surface area contributed by atoms with Crippen LogP contribution in [0.4, 0.5) is 0 Å². The number of hydrogen-bond acceptors (Lipinski definition) is 2. The van der Waals surface area contributed by atoms with E-state index < -0.39 is 21.0 Å². The second-order valence-electron chi connectivity index (χ2n) is 10.1. The molecular weight excluding hydrogens is 535 g/mol. The molecule has 0 aliphatic heterocycles. The Hall–Kier alpha value is -0.380. The molecule has 0 amide bonds. The first-order chi connectivity index (χ1) is 13.8. The molecule has 0 aromatic heterocycles. The average Bonchev–Trinajstić information content (AvgIpc) is 3.15. The van der Waals surface area contributed by atoms with E-state index in [0.717, 1.165) is 11.8 Å². The Bertz CT molecular complexity index is 609. The van der Waals surface area contributed by atoms with Crippen molar-refractivity contribution in [2.45, 2.75) is 107 Å². The molecule has 30 heavy (non-hydrogen) atoms. The minimum absolute atomic E-state index is 0.167. The van der Waals surface area contributed by atoms with Gasteiger partial charge in [-0.1, -0.05) is 0 Å². The van der Waals surface area contributed by atoms with Crippen molar-refractivity contribution in [3.63, 3.8) is 0 Å². The monoisotopic (exact) mass is 584 g/mol. The van der Waals surface area contributed by atoms with E-state index in [0.29, 0.717) is 0 Å². The van der Waals surface area contributed by atoms with Gasteiger partial charge in [0.25, 0.3) is 0 Å². The van der Waals surface area contributed by atoms with Crippen molar-refractivity contribution in [3.05, 3.63) is 42.1 Å². The first-order valence-corrected chi connectivity index (χ1v) is 17.1. The molecule has 0 unspecified atom stereocenters. The Balaban J connectivity index is 0.000000901. The summed E-state index contributed by atoms with van der Waals surface area (Å²) in [4.78, 5) is 0. The fraction of sp³-hybridized carbons (Fsp3) is 0.667. The molecule has 0 spiro atoms. The predicted octanol–water partition coefficient (Wildman–Crippen LogP) is 7.11. The van der Waals surface area contributed by atoms with Crippen LogP contribution < -0.4 is 0 Å². The summed E-state index contributed by atoms with van der Waals surface area (Å²) in [5.74, 6) is 1.54. The third-order valence-electron chi connectivity index (χ3n) is 4.32. The zero-order valence-electron chi connectivity index (χ0n) is 21.3. The maximum absolute atomic E-state index is 8.06. The summed E-state index contributed by atoms with van der Waals surface area (Å²) in [6.45, 7) is 21.0. The molecule has 2 nitrogen and oxygen atoms in total. The molecule has 2 aliphatic rings. The summed E-state index contributed by atoms with van der Waals surface area (Å²) >= 11 is -1.90. The Labute approximate surface area is 194 Å². The van der Waals surface area contributed by atoms with E-state index in [1.165, 1.54) is 25.7 Å². The third kappa shape index (κ3) is 13.8. The van der Waals surface area contributed by atoms with Gasteiger partial charge in [0.15, 0.2) is 0 Å². The molecule has 0 fully saturated rings. The van der Waals surface area contributed by atoms with E-state index >= 15 is 0 Å². The van der Waals surface area contributed by atoms with Crippen LogP contribution >= 0.6 is 0 Å². The van der Waals surface area contributed by atoms with E-state index in [4.69, 9.17) is 10.2 Å². The van der Waals surface area contributed by atoms with Crippen LogP contribution in [0.15, 0.2) is 42.1 Å². The Morgan fingerprint density at radius 1 is 0.733 bits per heavy atom. The summed E-state index contributed by atoms with van der Waals surface area (Å²) in [5.41, 5.74) is 3.20. The van der Waals surface area contributed by atoms with Crippen molar-refractivity contribution in [2.75, 3.05) is 0 Å². The summed E-state index contributed by atoms with van der Waals surface area (Å²) in [7, 11) is 0. The van der Waals surface area contributed by atoms with Crippen molar-refractivity contribution in [2.24, 2.45) is 11.8 Å². The predicted molar refractivity (Wildman–Crippen MR) is 132 cm³/mol. The Morgan fingerprint density at radius 3 is 1.27 bits per heavy atom. The molecule has 0 aromatic carbocycles. The van der Waals surface area contributed by atoms with Gasteiger partial charge in [-0.15, -0.1) is 0 Å². The van der Waals surface area contributed by atoms with Crippen LogP contribution in [0, 0.1) is 11.8 Å². The molecule has 2 aliphatic carbocycles. The van der Waals surface area contributed by atoms with E-state index in [1.54, 1.807) is 42.1 Å². The fourth-order valence-corrected chi connectivity index (χ4v) is 14.3. The van der Waals surface area contributed by atoms with E-state index in [9.17, 15) is 0 Å². The Kier molecular flexibility index (Phi) is 15.2. The Morgan fingerprint density at radius 2 is 1.03 bits per heavy atom. The van der Waals surface area contributed by atoms with Gasteiger partial charge in [-0.25, -0.2) is 0 Å². The van der Waals surface area contributed by atoms with Gasteiger partial charge >= 0.3 is 145 Å². The van der Waals surface area contributed by atoms with Crippen LogP contribution in [0.5, 0.6) is 0 Å². The molecule has 0 saturated carbocycles. The van der Waals surface area contributed by atoms with Crippen molar-refractivity contribution in [1.82, 2.24) is 0 Å². The second-order valence-corrected chi connectivity index (χ2v) is 21.0. The number of hydrogen-bond donors (Lipinski definition) is 2. The number of aliphatic hydroxyl groups is 2. The van der Waals surface area contributed by atoms with Gasteiger partial charge in [0.2, 0.25) is 0 Å². The van der Waals surface area contributed by atoms with Crippen LogP contribution in [0.1, 0.15) is 94.9 Å². The van der Waals surface area contributed by atoms with Gasteiger partial charge in [-0.2, -0.15) is 0 Å². The molecule has 0 aromatic rings. The molecule has 2 rings (SSSR count). The van der Waals surface area contributed by atoms with E-state index in [1.807, 2.05) is 6.66 Å². The van der Waals surface area contributed by atoms with Gasteiger partial charge in [-0.3, -0.25) is 0 Å².